The number of anilines is 1. The Bertz CT molecular complexity index is 815. The second-order valence-corrected chi connectivity index (χ2v) is 7.58. The number of carbonyl (C=O) groups excluding carboxylic acids is 4. The SMILES string of the molecule is CCCC1(CCC)NC(=O)N(CC(=O)OCC(=O)Nc2c(C)cccc2CC)C1=O. The van der Waals surface area contributed by atoms with Crippen molar-refractivity contribution in [2.45, 2.75) is 65.3 Å². The Balaban J connectivity index is 1.94. The molecule has 1 fully saturated rings. The molecule has 0 aliphatic carbocycles. The first-order chi connectivity index (χ1) is 14.3. The van der Waals surface area contributed by atoms with Gasteiger partial charge in [0.05, 0.1) is 0 Å². The number of amides is 4. The number of nitrogens with one attached hydrogen (secondary N) is 2. The van der Waals surface area contributed by atoms with E-state index in [4.69, 9.17) is 4.74 Å². The molecule has 164 valence electrons. The molecule has 1 aromatic carbocycles. The summed E-state index contributed by atoms with van der Waals surface area (Å²) in [4.78, 5) is 50.4. The van der Waals surface area contributed by atoms with Crippen LogP contribution in [0.25, 0.3) is 0 Å². The first kappa shape index (κ1) is 23.4. The van der Waals surface area contributed by atoms with Gasteiger partial charge in [-0.3, -0.25) is 19.3 Å². The molecule has 30 heavy (non-hydrogen) atoms. The van der Waals surface area contributed by atoms with E-state index in [9.17, 15) is 19.2 Å². The highest BCUT2D eigenvalue weighted by atomic mass is 16.5. The number of urea groups is 1. The van der Waals surface area contributed by atoms with E-state index in [1.807, 2.05) is 45.9 Å². The van der Waals surface area contributed by atoms with E-state index in [2.05, 4.69) is 10.6 Å². The summed E-state index contributed by atoms with van der Waals surface area (Å²) in [5.74, 6) is -1.70. The van der Waals surface area contributed by atoms with Gasteiger partial charge in [-0.2, -0.15) is 0 Å². The molecule has 2 rings (SSSR count). The summed E-state index contributed by atoms with van der Waals surface area (Å²) in [5, 5.41) is 5.51. The third-order valence-corrected chi connectivity index (χ3v) is 5.26. The van der Waals surface area contributed by atoms with Crippen molar-refractivity contribution in [1.82, 2.24) is 10.2 Å². The van der Waals surface area contributed by atoms with Gasteiger partial charge < -0.3 is 15.4 Å². The molecule has 1 aromatic rings. The number of hydrogen-bond donors (Lipinski definition) is 2. The number of esters is 1. The highest BCUT2D eigenvalue weighted by molar-refractivity contribution is 6.08. The van der Waals surface area contributed by atoms with Crippen molar-refractivity contribution < 1.29 is 23.9 Å². The molecule has 4 amide bonds. The van der Waals surface area contributed by atoms with Crippen LogP contribution < -0.4 is 10.6 Å². The molecular weight excluding hydrogens is 386 g/mol. The fourth-order valence-electron chi connectivity index (χ4n) is 3.84. The molecule has 1 aliphatic heterocycles. The molecule has 0 unspecified atom stereocenters. The standard InChI is InChI=1S/C22H31N3O5/c1-5-11-22(12-6-2)20(28)25(21(29)24-22)13-18(27)30-14-17(26)23-19-15(4)9-8-10-16(19)7-3/h8-10H,5-7,11-14H2,1-4H3,(H,23,26)(H,24,29). The van der Waals surface area contributed by atoms with Gasteiger partial charge in [0.25, 0.3) is 11.8 Å². The van der Waals surface area contributed by atoms with E-state index in [0.29, 0.717) is 18.5 Å². The average Bonchev–Trinajstić information content (AvgIpc) is 2.92. The number of ether oxygens (including phenoxy) is 1. The minimum Gasteiger partial charge on any atom is -0.454 e. The van der Waals surface area contributed by atoms with Gasteiger partial charge in [0.1, 0.15) is 12.1 Å². The lowest BCUT2D eigenvalue weighted by molar-refractivity contribution is -0.150. The largest absolute Gasteiger partial charge is 0.454 e. The summed E-state index contributed by atoms with van der Waals surface area (Å²) in [6.45, 7) is 6.74. The Kier molecular flexibility index (Phi) is 7.97. The van der Waals surface area contributed by atoms with Crippen LogP contribution in [0.15, 0.2) is 18.2 Å². The zero-order chi connectivity index (χ0) is 22.3. The van der Waals surface area contributed by atoms with Crippen molar-refractivity contribution in [1.29, 1.82) is 0 Å². The lowest BCUT2D eigenvalue weighted by Crippen LogP contribution is -2.47. The molecule has 1 saturated heterocycles. The first-order valence-electron chi connectivity index (χ1n) is 10.5. The van der Waals surface area contributed by atoms with E-state index in [0.717, 1.165) is 35.3 Å². The number of para-hydroxylation sites is 1. The minimum atomic E-state index is -0.959. The van der Waals surface area contributed by atoms with E-state index < -0.39 is 42.5 Å². The predicted molar refractivity (Wildman–Crippen MR) is 113 cm³/mol. The van der Waals surface area contributed by atoms with Crippen molar-refractivity contribution in [3.05, 3.63) is 29.3 Å². The Hall–Kier alpha value is -2.90. The second-order valence-electron chi connectivity index (χ2n) is 7.58. The lowest BCUT2D eigenvalue weighted by atomic mass is 9.88. The summed E-state index contributed by atoms with van der Waals surface area (Å²) in [5.41, 5.74) is 1.65. The number of benzene rings is 1. The molecule has 0 radical (unpaired) electrons. The number of rotatable bonds is 10. The topological polar surface area (TPSA) is 105 Å². The summed E-state index contributed by atoms with van der Waals surface area (Å²) >= 11 is 0. The lowest BCUT2D eigenvalue weighted by Gasteiger charge is -2.25. The van der Waals surface area contributed by atoms with Crippen LogP contribution in [0, 0.1) is 6.92 Å². The van der Waals surface area contributed by atoms with Crippen LogP contribution >= 0.6 is 0 Å². The van der Waals surface area contributed by atoms with Crippen molar-refractivity contribution in [2.24, 2.45) is 0 Å². The molecule has 0 spiro atoms. The fourth-order valence-corrected chi connectivity index (χ4v) is 3.84. The van der Waals surface area contributed by atoms with Gasteiger partial charge in [-0.25, -0.2) is 4.79 Å². The van der Waals surface area contributed by atoms with E-state index in [1.54, 1.807) is 0 Å². The zero-order valence-corrected chi connectivity index (χ0v) is 18.2. The normalized spacial score (nSPS) is 15.1. The molecule has 8 nitrogen and oxygen atoms in total. The van der Waals surface area contributed by atoms with Gasteiger partial charge >= 0.3 is 12.0 Å². The van der Waals surface area contributed by atoms with Crippen LogP contribution in [0.4, 0.5) is 10.5 Å². The molecular formula is C22H31N3O5. The smallest absolute Gasteiger partial charge is 0.326 e. The first-order valence-corrected chi connectivity index (χ1v) is 10.5. The quantitative estimate of drug-likeness (QED) is 0.450. The van der Waals surface area contributed by atoms with Gasteiger partial charge in [-0.15, -0.1) is 0 Å². The summed E-state index contributed by atoms with van der Waals surface area (Å²) in [6, 6.07) is 5.12. The van der Waals surface area contributed by atoms with Crippen LogP contribution in [-0.2, 0) is 25.5 Å². The van der Waals surface area contributed by atoms with Crippen LogP contribution in [0.5, 0.6) is 0 Å². The van der Waals surface area contributed by atoms with Crippen LogP contribution in [0.2, 0.25) is 0 Å². The molecule has 0 atom stereocenters. The van der Waals surface area contributed by atoms with Crippen molar-refractivity contribution in [2.75, 3.05) is 18.5 Å². The molecule has 0 bridgehead atoms. The molecule has 2 N–H and O–H groups in total. The zero-order valence-electron chi connectivity index (χ0n) is 18.2. The monoisotopic (exact) mass is 417 g/mol. The Labute approximate surface area is 177 Å². The van der Waals surface area contributed by atoms with Crippen molar-refractivity contribution in [3.8, 4) is 0 Å². The van der Waals surface area contributed by atoms with Gasteiger partial charge in [0, 0.05) is 5.69 Å². The highest BCUT2D eigenvalue weighted by Gasteiger charge is 2.50. The Morgan fingerprint density at radius 2 is 1.80 bits per heavy atom. The third-order valence-electron chi connectivity index (χ3n) is 5.26. The summed E-state index contributed by atoms with van der Waals surface area (Å²) in [7, 11) is 0. The number of aryl methyl sites for hydroxylation is 2. The van der Waals surface area contributed by atoms with Gasteiger partial charge in [-0.05, 0) is 37.3 Å². The van der Waals surface area contributed by atoms with Crippen molar-refractivity contribution >= 4 is 29.5 Å². The van der Waals surface area contributed by atoms with Crippen LogP contribution in [0.3, 0.4) is 0 Å². The van der Waals surface area contributed by atoms with Gasteiger partial charge in [0.15, 0.2) is 6.61 Å². The molecule has 0 saturated carbocycles. The predicted octanol–water partition coefficient (Wildman–Crippen LogP) is 2.93. The second kappa shape index (κ2) is 10.2. The number of nitrogens with zero attached hydrogens (tertiary/aromatic N) is 1. The molecule has 1 heterocycles. The Morgan fingerprint density at radius 1 is 1.13 bits per heavy atom. The highest BCUT2D eigenvalue weighted by Crippen LogP contribution is 2.28. The van der Waals surface area contributed by atoms with Gasteiger partial charge in [0.2, 0.25) is 0 Å². The van der Waals surface area contributed by atoms with E-state index in [1.165, 1.54) is 0 Å². The number of carbonyl (C=O) groups is 4. The molecule has 8 heteroatoms. The maximum absolute atomic E-state index is 12.8. The third kappa shape index (κ3) is 5.17. The Morgan fingerprint density at radius 3 is 2.40 bits per heavy atom. The van der Waals surface area contributed by atoms with E-state index in [-0.39, 0.29) is 0 Å². The van der Waals surface area contributed by atoms with Crippen molar-refractivity contribution in [3.63, 3.8) is 0 Å². The maximum atomic E-state index is 12.8. The summed E-state index contributed by atoms with van der Waals surface area (Å²) < 4.78 is 5.01. The number of hydrogen-bond acceptors (Lipinski definition) is 5. The maximum Gasteiger partial charge on any atom is 0.326 e. The van der Waals surface area contributed by atoms with E-state index >= 15 is 0 Å². The summed E-state index contributed by atoms with van der Waals surface area (Å²) in [6.07, 6.45) is 3.22. The molecule has 0 aromatic heterocycles. The number of imide groups is 1. The van der Waals surface area contributed by atoms with Crippen LogP contribution in [-0.4, -0.2) is 47.4 Å². The van der Waals surface area contributed by atoms with Crippen LogP contribution in [0.1, 0.15) is 57.6 Å². The molecule has 1 aliphatic rings. The average molecular weight is 418 g/mol. The fraction of sp³-hybridized carbons (Fsp3) is 0.545. The van der Waals surface area contributed by atoms with Gasteiger partial charge in [-0.1, -0.05) is 51.8 Å². The minimum absolute atomic E-state index is 0.412.